The number of hydrogen-bond acceptors (Lipinski definition) is 4. The van der Waals surface area contributed by atoms with Crippen LogP contribution in [0, 0.1) is 11.3 Å². The van der Waals surface area contributed by atoms with Gasteiger partial charge in [-0.15, -0.1) is 0 Å². The number of piperidine rings is 1. The van der Waals surface area contributed by atoms with Crippen LogP contribution in [-0.4, -0.2) is 60.6 Å². The predicted octanol–water partition coefficient (Wildman–Crippen LogP) is 2.27. The predicted molar refractivity (Wildman–Crippen MR) is 96.9 cm³/mol. The Labute approximate surface area is 144 Å². The Morgan fingerprint density at radius 3 is 2.54 bits per heavy atom. The monoisotopic (exact) mass is 331 g/mol. The van der Waals surface area contributed by atoms with E-state index in [2.05, 4.69) is 23.7 Å². The van der Waals surface area contributed by atoms with E-state index in [0.29, 0.717) is 17.4 Å². The lowest BCUT2D eigenvalue weighted by Crippen LogP contribution is -2.59. The number of amides is 2. The van der Waals surface area contributed by atoms with Crippen molar-refractivity contribution in [2.24, 2.45) is 11.3 Å². The van der Waals surface area contributed by atoms with E-state index < -0.39 is 0 Å². The highest BCUT2D eigenvalue weighted by Gasteiger charge is 2.41. The number of carbonyl (C=O) groups excluding carboxylic acids is 1. The zero-order valence-electron chi connectivity index (χ0n) is 15.2. The first kappa shape index (κ1) is 16.9. The highest BCUT2D eigenvalue weighted by Crippen LogP contribution is 2.40. The van der Waals surface area contributed by atoms with E-state index in [1.54, 1.807) is 0 Å². The molecule has 2 N–H and O–H groups in total. The minimum Gasteiger partial charge on any atom is -0.396 e. The van der Waals surface area contributed by atoms with Crippen LogP contribution in [0.3, 0.4) is 0 Å². The molecule has 0 spiro atoms. The molecule has 2 amide bonds. The Morgan fingerprint density at radius 1 is 1.25 bits per heavy atom. The van der Waals surface area contributed by atoms with E-state index in [-0.39, 0.29) is 6.03 Å². The molecular weight excluding hydrogens is 302 g/mol. The third-order valence-electron chi connectivity index (χ3n) is 5.49. The van der Waals surface area contributed by atoms with Crippen LogP contribution in [0.2, 0.25) is 0 Å². The molecule has 24 heavy (non-hydrogen) atoms. The Balaban J connectivity index is 1.91. The summed E-state index contributed by atoms with van der Waals surface area (Å²) >= 11 is 0. The molecule has 1 unspecified atom stereocenters. The van der Waals surface area contributed by atoms with Gasteiger partial charge in [-0.25, -0.2) is 9.78 Å². The van der Waals surface area contributed by atoms with Crippen LogP contribution in [0.5, 0.6) is 0 Å². The quantitative estimate of drug-likeness (QED) is 0.903. The molecule has 3 rings (SSSR count). The molecule has 2 aliphatic heterocycles. The molecule has 2 fully saturated rings. The van der Waals surface area contributed by atoms with Gasteiger partial charge in [-0.2, -0.15) is 0 Å². The number of carbonyl (C=O) groups is 1. The number of rotatable bonds is 2. The van der Waals surface area contributed by atoms with Crippen LogP contribution >= 0.6 is 0 Å². The van der Waals surface area contributed by atoms with Crippen molar-refractivity contribution in [3.63, 3.8) is 0 Å². The maximum Gasteiger partial charge on any atom is 0.319 e. The highest BCUT2D eigenvalue weighted by molar-refractivity contribution is 5.74. The van der Waals surface area contributed by atoms with Gasteiger partial charge < -0.3 is 20.4 Å². The van der Waals surface area contributed by atoms with Crippen molar-refractivity contribution in [2.75, 3.05) is 44.4 Å². The Morgan fingerprint density at radius 2 is 1.92 bits per heavy atom. The second kappa shape index (κ2) is 6.15. The molecule has 6 nitrogen and oxygen atoms in total. The number of aromatic nitrogens is 1. The number of nitrogen functional groups attached to an aromatic ring is 1. The van der Waals surface area contributed by atoms with Crippen molar-refractivity contribution in [3.05, 3.63) is 18.3 Å². The van der Waals surface area contributed by atoms with Gasteiger partial charge in [-0.05, 0) is 30.4 Å². The van der Waals surface area contributed by atoms with Gasteiger partial charge in [0.05, 0.1) is 5.69 Å². The summed E-state index contributed by atoms with van der Waals surface area (Å²) in [7, 11) is 3.77. The summed E-state index contributed by atoms with van der Waals surface area (Å²) in [4.78, 5) is 22.7. The van der Waals surface area contributed by atoms with E-state index >= 15 is 0 Å². The molecule has 0 radical (unpaired) electrons. The lowest BCUT2D eigenvalue weighted by atomic mass is 9.74. The first-order valence-electron chi connectivity index (χ1n) is 8.72. The molecular formula is C18H29N5O. The van der Waals surface area contributed by atoms with E-state index in [0.717, 1.165) is 44.0 Å². The summed E-state index contributed by atoms with van der Waals surface area (Å²) in [5, 5.41) is 0. The number of hydrogen-bond donors (Lipinski definition) is 1. The zero-order valence-corrected chi connectivity index (χ0v) is 15.2. The van der Waals surface area contributed by atoms with Gasteiger partial charge in [0.1, 0.15) is 0 Å². The number of urea groups is 1. The van der Waals surface area contributed by atoms with Gasteiger partial charge in [0.25, 0.3) is 0 Å². The molecule has 0 saturated carbocycles. The van der Waals surface area contributed by atoms with E-state index in [9.17, 15) is 4.79 Å². The van der Waals surface area contributed by atoms with Crippen LogP contribution in [0.4, 0.5) is 16.3 Å². The fourth-order valence-corrected chi connectivity index (χ4v) is 4.15. The second-order valence-corrected chi connectivity index (χ2v) is 8.10. The number of anilines is 2. The van der Waals surface area contributed by atoms with Crippen LogP contribution in [0.15, 0.2) is 18.3 Å². The highest BCUT2D eigenvalue weighted by atomic mass is 16.2. The molecule has 1 aromatic rings. The Kier molecular flexibility index (Phi) is 4.32. The maximum atomic E-state index is 12.1. The number of nitrogens with zero attached hydrogens (tertiary/aromatic N) is 4. The van der Waals surface area contributed by atoms with Gasteiger partial charge in [0.2, 0.25) is 0 Å². The van der Waals surface area contributed by atoms with Crippen LogP contribution in [-0.2, 0) is 0 Å². The maximum absolute atomic E-state index is 12.1. The summed E-state index contributed by atoms with van der Waals surface area (Å²) in [6, 6.07) is 4.24. The Hall–Kier alpha value is -1.98. The minimum atomic E-state index is 0.102. The first-order valence-corrected chi connectivity index (χ1v) is 8.72. The van der Waals surface area contributed by atoms with E-state index in [1.165, 1.54) is 0 Å². The molecule has 2 saturated heterocycles. The van der Waals surface area contributed by atoms with Crippen LogP contribution < -0.4 is 10.6 Å². The van der Waals surface area contributed by atoms with Crippen molar-refractivity contribution in [1.82, 2.24) is 14.8 Å². The molecule has 1 aromatic heterocycles. The van der Waals surface area contributed by atoms with Gasteiger partial charge in [0.15, 0.2) is 5.82 Å². The average Bonchev–Trinajstić information content (AvgIpc) is 2.52. The molecule has 6 heteroatoms. The SMILES string of the molecule is CN1CC(C2CC(C)(C)CCN2c2ncccc2N)CN(C)C1=O. The zero-order chi connectivity index (χ0) is 17.5. The summed E-state index contributed by atoms with van der Waals surface area (Å²) < 4.78 is 0. The van der Waals surface area contributed by atoms with Crippen LogP contribution in [0.1, 0.15) is 26.7 Å². The van der Waals surface area contributed by atoms with Crippen molar-refractivity contribution in [2.45, 2.75) is 32.7 Å². The third kappa shape index (κ3) is 3.14. The van der Waals surface area contributed by atoms with Gasteiger partial charge in [-0.1, -0.05) is 13.8 Å². The first-order chi connectivity index (χ1) is 11.3. The number of nitrogens with two attached hydrogens (primary N) is 1. The van der Waals surface area contributed by atoms with Crippen LogP contribution in [0.25, 0.3) is 0 Å². The topological polar surface area (TPSA) is 65.7 Å². The average molecular weight is 331 g/mol. The molecule has 0 bridgehead atoms. The van der Waals surface area contributed by atoms with Crippen molar-refractivity contribution < 1.29 is 4.79 Å². The summed E-state index contributed by atoms with van der Waals surface area (Å²) in [5.41, 5.74) is 7.24. The van der Waals surface area contributed by atoms with E-state index in [4.69, 9.17) is 5.73 Å². The summed E-state index contributed by atoms with van der Waals surface area (Å²) in [6.07, 6.45) is 4.02. The van der Waals surface area contributed by atoms with Gasteiger partial charge >= 0.3 is 6.03 Å². The lowest BCUT2D eigenvalue weighted by Gasteiger charge is -2.50. The largest absolute Gasteiger partial charge is 0.396 e. The van der Waals surface area contributed by atoms with Crippen molar-refractivity contribution in [1.29, 1.82) is 0 Å². The summed E-state index contributed by atoms with van der Waals surface area (Å²) in [6.45, 7) is 7.19. The van der Waals surface area contributed by atoms with E-state index in [1.807, 2.05) is 42.2 Å². The lowest BCUT2D eigenvalue weighted by molar-refractivity contribution is 0.0997. The fraction of sp³-hybridized carbons (Fsp3) is 0.667. The molecule has 1 atom stereocenters. The normalized spacial score (nSPS) is 25.2. The van der Waals surface area contributed by atoms with Crippen molar-refractivity contribution in [3.8, 4) is 0 Å². The van der Waals surface area contributed by atoms with Gasteiger partial charge in [0, 0.05) is 51.9 Å². The number of pyridine rings is 1. The molecule has 2 aliphatic rings. The minimum absolute atomic E-state index is 0.102. The molecule has 132 valence electrons. The second-order valence-electron chi connectivity index (χ2n) is 8.10. The molecule has 3 heterocycles. The fourth-order valence-electron chi connectivity index (χ4n) is 4.15. The Bertz CT molecular complexity index is 603. The van der Waals surface area contributed by atoms with Gasteiger partial charge in [-0.3, -0.25) is 0 Å². The molecule has 0 aromatic carbocycles. The van der Waals surface area contributed by atoms with Crippen molar-refractivity contribution >= 4 is 17.5 Å². The smallest absolute Gasteiger partial charge is 0.319 e. The summed E-state index contributed by atoms with van der Waals surface area (Å²) in [5.74, 6) is 1.28. The molecule has 0 aliphatic carbocycles. The standard InChI is InChI=1S/C18H29N5O/c1-18(2)7-9-23(16-14(19)6-5-8-20-16)15(10-18)13-11-21(3)17(24)22(4)12-13/h5-6,8,13,15H,7,9-12,19H2,1-4H3. The third-order valence-corrected chi connectivity index (χ3v) is 5.49.